The zero-order chi connectivity index (χ0) is 93.6. The Hall–Kier alpha value is -3.92. The van der Waals surface area contributed by atoms with Gasteiger partial charge in [-0.15, -0.1) is 0 Å². The summed E-state index contributed by atoms with van der Waals surface area (Å²) in [6, 6.07) is 0. The van der Waals surface area contributed by atoms with Crippen LogP contribution in [0.15, 0.2) is 0 Å². The molecule has 692 valence electrons. The minimum absolute atomic E-state index is 0.356. The second-order valence-corrected chi connectivity index (χ2v) is 39.6. The highest BCUT2D eigenvalue weighted by molar-refractivity contribution is 7.87. The summed E-state index contributed by atoms with van der Waals surface area (Å²) in [7, 11) is -26.2. The lowest BCUT2D eigenvalue weighted by molar-refractivity contribution is -0.181. The van der Waals surface area contributed by atoms with E-state index in [-0.39, 0.29) is 0 Å². The average Bonchev–Trinajstić information content (AvgIpc) is 1.56. The highest BCUT2D eigenvalue weighted by atomic mass is 32.2. The molecule has 48 heteroatoms. The second-order valence-electron chi connectivity index (χ2n) is 33.9. The first kappa shape index (κ1) is 120. The van der Waals surface area contributed by atoms with Gasteiger partial charge in [-0.05, 0) is 184 Å². The van der Waals surface area contributed by atoms with Gasteiger partial charge in [0.1, 0.15) is 0 Å². The number of alkyl halides is 16. The number of esters is 4. The summed E-state index contributed by atoms with van der Waals surface area (Å²) in [4.78, 5) is 46.5. The van der Waals surface area contributed by atoms with E-state index >= 15 is 0 Å². The lowest BCUT2D eigenvalue weighted by Crippen LogP contribution is -2.48. The number of ether oxygens (including phenoxy) is 4. The van der Waals surface area contributed by atoms with E-state index in [2.05, 4.69) is 18.9 Å². The van der Waals surface area contributed by atoms with Crippen LogP contribution >= 0.6 is 0 Å². The maximum absolute atomic E-state index is 13.3. The molecule has 4 fully saturated rings. The predicted octanol–water partition coefficient (Wildman–Crippen LogP) is 10.6. The quantitative estimate of drug-likeness (QED) is 0.0164. The number of hydrogen-bond donors (Lipinski definition) is 8. The Bertz CT molecular complexity index is 3310. The second kappa shape index (κ2) is 44.2. The van der Waals surface area contributed by atoms with Crippen LogP contribution in [0.2, 0.25) is 0 Å². The fourth-order valence-corrected chi connectivity index (χ4v) is 11.2. The molecular formula is C67H116F16O28S4-4. The van der Waals surface area contributed by atoms with Gasteiger partial charge in [-0.3, -0.25) is 19.2 Å². The Labute approximate surface area is 661 Å². The van der Waals surface area contributed by atoms with Gasteiger partial charge < -0.3 is 78.0 Å². The van der Waals surface area contributed by atoms with E-state index in [0.717, 1.165) is 32.1 Å². The smallest absolute Gasteiger partial charge is 0.396 e. The zero-order valence-corrected chi connectivity index (χ0v) is 71.2. The van der Waals surface area contributed by atoms with Crippen molar-refractivity contribution in [1.82, 2.24) is 0 Å². The fourth-order valence-electron chi connectivity index (χ4n) is 9.36. The van der Waals surface area contributed by atoms with E-state index < -0.39 is 247 Å². The molecular weight excluding hydrogens is 1680 g/mol. The van der Waals surface area contributed by atoms with Crippen molar-refractivity contribution in [2.24, 2.45) is 41.4 Å². The third-order valence-electron chi connectivity index (χ3n) is 14.6. The molecule has 4 atom stereocenters. The van der Waals surface area contributed by atoms with Crippen molar-refractivity contribution in [3.8, 4) is 0 Å². The Morgan fingerprint density at radius 1 is 0.296 bits per heavy atom. The number of hydrogen-bond acceptors (Lipinski definition) is 28. The highest BCUT2D eigenvalue weighted by Crippen LogP contribution is 2.58. The zero-order valence-electron chi connectivity index (χ0n) is 67.9. The summed E-state index contributed by atoms with van der Waals surface area (Å²) in [5.41, 5.74) is -6.49. The van der Waals surface area contributed by atoms with Crippen LogP contribution in [0.25, 0.3) is 0 Å². The summed E-state index contributed by atoms with van der Waals surface area (Å²) in [6.45, 7) is 30.0. The monoisotopic (exact) mass is 1800 g/mol. The van der Waals surface area contributed by atoms with Gasteiger partial charge in [0.25, 0.3) is 0 Å². The van der Waals surface area contributed by atoms with Gasteiger partial charge in [0.05, 0.1) is 121 Å². The highest BCUT2D eigenvalue weighted by Gasteiger charge is 2.68. The van der Waals surface area contributed by atoms with E-state index in [1.54, 1.807) is 104 Å². The van der Waals surface area contributed by atoms with Gasteiger partial charge in [-0.1, -0.05) is 32.1 Å². The van der Waals surface area contributed by atoms with Crippen LogP contribution in [-0.2, 0) is 78.6 Å². The molecule has 0 aromatic carbocycles. The van der Waals surface area contributed by atoms with Gasteiger partial charge in [-0.25, -0.2) is 33.7 Å². The van der Waals surface area contributed by atoms with E-state index in [1.807, 2.05) is 0 Å². The van der Waals surface area contributed by atoms with Crippen LogP contribution in [0.3, 0.4) is 0 Å². The molecule has 115 heavy (non-hydrogen) atoms. The first-order chi connectivity index (χ1) is 49.8. The third kappa shape index (κ3) is 47.8. The minimum Gasteiger partial charge on any atom is -0.743 e. The Morgan fingerprint density at radius 2 is 0.478 bits per heavy atom. The average molecular weight is 1800 g/mol. The molecule has 0 amide bonds. The first-order valence-electron chi connectivity index (χ1n) is 35.1. The molecule has 0 aliphatic heterocycles. The fraction of sp³-hybridized carbons (Fsp3) is 0.940. The SMILES string of the molecule is CC(C)(C)O.CC(C)(C)O.CC(C)(C)O.CC(C)(C)O.CC(C)(C)O.CC(C)(O)C1C(C(=O)OCCC(F)(F)C(F)(F)S(=O)(=O)[O-])C1C(C)(C)O.CC(C)(O)C1CCC1C(=O)OCCC(F)(F)C(F)(F)S(=O)(=O)[O-].O=C(OCCC(F)(F)C(F)(F)S(=O)(=O)[O-])C1CCCC1.O=C(OCCC(F)(F)C(F)(F)S(=O)(=O)[O-])C1CCCCC1. The van der Waals surface area contributed by atoms with Crippen molar-refractivity contribution in [3.63, 3.8) is 0 Å². The molecule has 4 saturated carbocycles. The molecule has 0 aromatic rings. The van der Waals surface area contributed by atoms with Crippen LogP contribution < -0.4 is 0 Å². The largest absolute Gasteiger partial charge is 0.743 e. The maximum Gasteiger partial charge on any atom is 0.396 e. The molecule has 0 aromatic heterocycles. The van der Waals surface area contributed by atoms with Crippen LogP contribution in [0.5, 0.6) is 0 Å². The van der Waals surface area contributed by atoms with Crippen molar-refractivity contribution < 1.29 is 201 Å². The molecule has 0 radical (unpaired) electrons. The lowest BCUT2D eigenvalue weighted by Gasteiger charge is -2.42. The minimum atomic E-state index is -6.61. The topological polar surface area (TPSA) is 496 Å². The number of halogens is 16. The molecule has 0 spiro atoms. The number of carbonyl (C=O) groups is 4. The number of carbonyl (C=O) groups excluding carboxylic acids is 4. The molecule has 4 unspecified atom stereocenters. The normalized spacial score (nSPS) is 19.5. The van der Waals surface area contributed by atoms with Gasteiger partial charge in [0, 0.05) is 17.8 Å². The molecule has 8 N–H and O–H groups in total. The van der Waals surface area contributed by atoms with Gasteiger partial charge in [-0.2, -0.15) is 70.2 Å². The summed E-state index contributed by atoms with van der Waals surface area (Å²) in [6.07, 6.45) is 0.000599. The Morgan fingerprint density at radius 3 is 0.643 bits per heavy atom. The molecule has 4 rings (SSSR count). The molecule has 0 bridgehead atoms. The van der Waals surface area contributed by atoms with Gasteiger partial charge in [0.15, 0.2) is 40.5 Å². The van der Waals surface area contributed by atoms with Gasteiger partial charge in [0.2, 0.25) is 0 Å². The molecule has 28 nitrogen and oxygen atoms in total. The Kier molecular flexibility index (Phi) is 46.0. The summed E-state index contributed by atoms with van der Waals surface area (Å²) in [5.74, 6) is -28.8. The molecule has 4 aliphatic rings. The summed E-state index contributed by atoms with van der Waals surface area (Å²) < 4.78 is 348. The number of aliphatic hydroxyl groups is 8. The van der Waals surface area contributed by atoms with Crippen molar-refractivity contribution in [3.05, 3.63) is 0 Å². The molecule has 0 heterocycles. The van der Waals surface area contributed by atoms with Crippen LogP contribution in [0.1, 0.15) is 242 Å². The predicted molar refractivity (Wildman–Crippen MR) is 375 cm³/mol. The summed E-state index contributed by atoms with van der Waals surface area (Å²) in [5, 5.41) is 49.3. The van der Waals surface area contributed by atoms with Crippen molar-refractivity contribution in [2.45, 2.75) is 331 Å². The standard InChI is InChI=1S/C14H22F4O7S.C12H18F4O6S.C11H16F4O5S.C10H14F4O5S.5C4H10O/c1-11(2,20)8-7(9(8)12(3,4)21)10(19)25-6-5-13(15,16)14(17,18)26(22,23)24;1-10(2,18)8-4-3-7(8)9(17)22-6-5-11(13,14)12(15,16)23(19,20)21;12-10(13,11(14,15)21(17,18)19)6-7-20-9(16)8-4-2-1-3-5-8;11-9(12,10(13,14)20(16,17)18)5-6-19-8(15)7-3-1-2-4-7;5*1-4(2,3)5/h7-9,20-21H,5-6H2,1-4H3,(H,22,23,24);7-8,18H,3-6H2,1-2H3,(H,19,20,21);8H,1-7H2,(H,17,18,19);7H,1-6H2,(H,16,17,18);5*5H,1-3H3/p-4. The van der Waals surface area contributed by atoms with Crippen LogP contribution in [0, 0.1) is 41.4 Å². The molecule has 0 saturated heterocycles. The van der Waals surface area contributed by atoms with Crippen LogP contribution in [0.4, 0.5) is 70.2 Å². The van der Waals surface area contributed by atoms with Crippen molar-refractivity contribution >= 4 is 64.3 Å². The van der Waals surface area contributed by atoms with Gasteiger partial charge >= 0.3 is 68.6 Å². The lowest BCUT2D eigenvalue weighted by atomic mass is 9.66. The number of rotatable bonds is 27. The first-order valence-corrected chi connectivity index (χ1v) is 40.8. The van der Waals surface area contributed by atoms with E-state index in [0.29, 0.717) is 38.5 Å². The van der Waals surface area contributed by atoms with E-state index in [4.69, 9.17) is 25.5 Å². The van der Waals surface area contributed by atoms with Crippen molar-refractivity contribution in [1.29, 1.82) is 0 Å². The van der Waals surface area contributed by atoms with E-state index in [1.165, 1.54) is 41.5 Å². The maximum atomic E-state index is 13.3. The summed E-state index contributed by atoms with van der Waals surface area (Å²) >= 11 is 0. The Balaban J connectivity index is -0.000000425. The van der Waals surface area contributed by atoms with Crippen molar-refractivity contribution in [2.75, 3.05) is 26.4 Å². The van der Waals surface area contributed by atoms with Crippen LogP contribution in [-0.4, -0.2) is 233 Å². The molecule has 4 aliphatic carbocycles. The third-order valence-corrected chi connectivity index (χ3v) is 18.3. The van der Waals surface area contributed by atoms with E-state index in [9.17, 15) is 157 Å².